The average molecular weight is 382 g/mol. The minimum absolute atomic E-state index is 0.292. The van der Waals surface area contributed by atoms with E-state index in [-0.39, 0.29) is 11.8 Å². The maximum absolute atomic E-state index is 12.9. The van der Waals surface area contributed by atoms with Gasteiger partial charge in [-0.15, -0.1) is 0 Å². The van der Waals surface area contributed by atoms with Crippen molar-refractivity contribution >= 4 is 17.8 Å². The van der Waals surface area contributed by atoms with Crippen LogP contribution in [0.1, 0.15) is 24.9 Å². The summed E-state index contributed by atoms with van der Waals surface area (Å²) in [7, 11) is 2.76. The number of aromatic nitrogens is 2. The molecule has 2 saturated heterocycles. The van der Waals surface area contributed by atoms with Gasteiger partial charge in [-0.1, -0.05) is 25.1 Å². The van der Waals surface area contributed by atoms with E-state index in [1.807, 2.05) is 43.5 Å². The Morgan fingerprint density at radius 1 is 1.25 bits per heavy atom. The number of hydrogen-bond donors (Lipinski definition) is 1. The minimum atomic E-state index is -1.24. The van der Waals surface area contributed by atoms with Gasteiger partial charge >= 0.3 is 5.97 Å². The lowest BCUT2D eigenvalue weighted by atomic mass is 9.78. The summed E-state index contributed by atoms with van der Waals surface area (Å²) in [6.07, 6.45) is 3.82. The summed E-state index contributed by atoms with van der Waals surface area (Å²) < 4.78 is 6.72. The van der Waals surface area contributed by atoms with Gasteiger partial charge in [0, 0.05) is 24.8 Å². The third kappa shape index (κ3) is 2.41. The molecular weight excluding hydrogens is 360 g/mol. The number of nitrogens with one attached hydrogen (secondary N) is 1. The fraction of sp³-hybridized carbons (Fsp3) is 0.400. The molecule has 4 atom stereocenters. The van der Waals surface area contributed by atoms with E-state index in [0.29, 0.717) is 6.42 Å². The van der Waals surface area contributed by atoms with Crippen LogP contribution in [0.3, 0.4) is 0 Å². The summed E-state index contributed by atoms with van der Waals surface area (Å²) in [5.41, 5.74) is 0.384. The number of rotatable bonds is 4. The van der Waals surface area contributed by atoms with E-state index in [1.54, 1.807) is 10.9 Å². The number of imide groups is 1. The van der Waals surface area contributed by atoms with Crippen LogP contribution in [0.2, 0.25) is 0 Å². The van der Waals surface area contributed by atoms with Crippen molar-refractivity contribution in [2.75, 3.05) is 14.2 Å². The Morgan fingerprint density at radius 3 is 2.61 bits per heavy atom. The molecule has 8 heteroatoms. The zero-order chi connectivity index (χ0) is 20.1. The highest BCUT2D eigenvalue weighted by molar-refractivity contribution is 6.09. The molecule has 2 amide bonds. The summed E-state index contributed by atoms with van der Waals surface area (Å²) in [5.74, 6) is -2.65. The van der Waals surface area contributed by atoms with E-state index < -0.39 is 29.4 Å². The number of carbonyl (C=O) groups excluding carboxylic acids is 3. The standard InChI is InChI=1S/C20H22N4O4/c1-4-20(19(27)28-3)15-14(17(25)23(2)18(15)26)16(22-20)12-10-21-24(11-12)13-8-6-5-7-9-13/h5-11,14-16,22H,4H2,1-3H3/t14-,15-,16-,20-/m1/s1. The Hall–Kier alpha value is -3.00. The first kappa shape index (κ1) is 18.4. The van der Waals surface area contributed by atoms with Gasteiger partial charge in [-0.05, 0) is 18.6 Å². The smallest absolute Gasteiger partial charge is 0.326 e. The molecule has 2 fully saturated rings. The van der Waals surface area contributed by atoms with Gasteiger partial charge in [0.15, 0.2) is 0 Å². The second-order valence-corrected chi connectivity index (χ2v) is 7.23. The van der Waals surface area contributed by atoms with Crippen molar-refractivity contribution in [3.8, 4) is 5.69 Å². The molecule has 1 N–H and O–H groups in total. The third-order valence-corrected chi connectivity index (χ3v) is 5.96. The number of nitrogens with zero attached hydrogens (tertiary/aromatic N) is 3. The van der Waals surface area contributed by atoms with Gasteiger partial charge in [0.2, 0.25) is 11.8 Å². The van der Waals surface area contributed by atoms with Gasteiger partial charge in [-0.3, -0.25) is 24.6 Å². The van der Waals surface area contributed by atoms with Crippen LogP contribution in [0.5, 0.6) is 0 Å². The van der Waals surface area contributed by atoms with E-state index in [0.717, 1.165) is 16.2 Å². The number of benzene rings is 1. The Labute approximate surface area is 162 Å². The Kier molecular flexibility index (Phi) is 4.30. The van der Waals surface area contributed by atoms with E-state index in [9.17, 15) is 14.4 Å². The van der Waals surface area contributed by atoms with Gasteiger partial charge < -0.3 is 4.74 Å². The maximum atomic E-state index is 12.9. The fourth-order valence-corrected chi connectivity index (χ4v) is 4.49. The van der Waals surface area contributed by atoms with Crippen molar-refractivity contribution in [3.63, 3.8) is 0 Å². The van der Waals surface area contributed by atoms with Crippen LogP contribution in [-0.2, 0) is 19.1 Å². The number of esters is 1. The molecule has 0 bridgehead atoms. The second kappa shape index (κ2) is 6.56. The maximum Gasteiger partial charge on any atom is 0.326 e. The lowest BCUT2D eigenvalue weighted by Gasteiger charge is -2.30. The number of hydrogen-bond acceptors (Lipinski definition) is 6. The monoisotopic (exact) mass is 382 g/mol. The molecule has 0 unspecified atom stereocenters. The van der Waals surface area contributed by atoms with Crippen LogP contribution in [0.25, 0.3) is 5.69 Å². The predicted molar refractivity (Wildman–Crippen MR) is 99.2 cm³/mol. The van der Waals surface area contributed by atoms with Crippen molar-refractivity contribution in [2.45, 2.75) is 24.9 Å². The zero-order valence-corrected chi connectivity index (χ0v) is 16.0. The Balaban J connectivity index is 1.78. The Morgan fingerprint density at radius 2 is 1.96 bits per heavy atom. The fourth-order valence-electron chi connectivity index (χ4n) is 4.49. The molecule has 0 spiro atoms. The number of para-hydroxylation sites is 1. The van der Waals surface area contributed by atoms with E-state index in [1.165, 1.54) is 14.2 Å². The van der Waals surface area contributed by atoms with Crippen LogP contribution >= 0.6 is 0 Å². The van der Waals surface area contributed by atoms with Crippen LogP contribution in [-0.4, -0.2) is 52.2 Å². The number of carbonyl (C=O) groups is 3. The van der Waals surface area contributed by atoms with Crippen LogP contribution in [0, 0.1) is 11.8 Å². The number of ether oxygens (including phenoxy) is 1. The molecular formula is C20H22N4O4. The van der Waals surface area contributed by atoms with E-state index in [2.05, 4.69) is 10.4 Å². The van der Waals surface area contributed by atoms with Gasteiger partial charge in [0.25, 0.3) is 0 Å². The molecule has 8 nitrogen and oxygen atoms in total. The molecule has 28 heavy (non-hydrogen) atoms. The molecule has 0 aliphatic carbocycles. The highest BCUT2D eigenvalue weighted by Crippen LogP contribution is 2.49. The average Bonchev–Trinajstić information content (AvgIpc) is 3.40. The van der Waals surface area contributed by atoms with E-state index in [4.69, 9.17) is 4.74 Å². The summed E-state index contributed by atoms with van der Waals surface area (Å²) in [5, 5.41) is 7.67. The second-order valence-electron chi connectivity index (χ2n) is 7.23. The first-order chi connectivity index (χ1) is 13.4. The first-order valence-corrected chi connectivity index (χ1v) is 9.22. The number of likely N-dealkylation sites (tertiary alicyclic amines) is 1. The highest BCUT2D eigenvalue weighted by Gasteiger charge is 2.67. The van der Waals surface area contributed by atoms with Crippen molar-refractivity contribution in [1.82, 2.24) is 20.0 Å². The molecule has 3 heterocycles. The Bertz CT molecular complexity index is 941. The third-order valence-electron chi connectivity index (χ3n) is 5.96. The largest absolute Gasteiger partial charge is 0.468 e. The molecule has 1 aromatic heterocycles. The summed E-state index contributed by atoms with van der Waals surface area (Å²) in [6, 6.07) is 9.07. The molecule has 146 valence electrons. The lowest BCUT2D eigenvalue weighted by Crippen LogP contribution is -2.55. The molecule has 0 saturated carbocycles. The van der Waals surface area contributed by atoms with Crippen LogP contribution in [0.4, 0.5) is 0 Å². The molecule has 4 rings (SSSR count). The zero-order valence-electron chi connectivity index (χ0n) is 16.0. The van der Waals surface area contributed by atoms with Crippen molar-refractivity contribution in [2.24, 2.45) is 11.8 Å². The SMILES string of the molecule is CC[C@@]1(C(=O)OC)N[C@H](c2cnn(-c3ccccc3)c2)[C@@H]2C(=O)N(C)C(=O)[C@@H]21. The van der Waals surface area contributed by atoms with Crippen molar-refractivity contribution < 1.29 is 19.1 Å². The molecule has 2 aliphatic rings. The molecule has 2 aliphatic heterocycles. The number of methoxy groups -OCH3 is 1. The summed E-state index contributed by atoms with van der Waals surface area (Å²) in [6.45, 7) is 1.81. The summed E-state index contributed by atoms with van der Waals surface area (Å²) in [4.78, 5) is 39.5. The number of fused-ring (bicyclic) bond motifs is 1. The van der Waals surface area contributed by atoms with Gasteiger partial charge in [-0.2, -0.15) is 5.10 Å². The predicted octanol–water partition coefficient (Wildman–Crippen LogP) is 1.07. The van der Waals surface area contributed by atoms with E-state index >= 15 is 0 Å². The first-order valence-electron chi connectivity index (χ1n) is 9.22. The normalized spacial score (nSPS) is 29.2. The summed E-state index contributed by atoms with van der Waals surface area (Å²) >= 11 is 0. The lowest BCUT2D eigenvalue weighted by molar-refractivity contribution is -0.154. The molecule has 2 aromatic rings. The van der Waals surface area contributed by atoms with Crippen LogP contribution in [0.15, 0.2) is 42.7 Å². The van der Waals surface area contributed by atoms with Gasteiger partial charge in [-0.25, -0.2) is 4.68 Å². The molecule has 0 radical (unpaired) electrons. The number of amides is 2. The van der Waals surface area contributed by atoms with Crippen molar-refractivity contribution in [1.29, 1.82) is 0 Å². The van der Waals surface area contributed by atoms with Gasteiger partial charge in [0.1, 0.15) is 5.54 Å². The topological polar surface area (TPSA) is 93.5 Å². The van der Waals surface area contributed by atoms with Gasteiger partial charge in [0.05, 0.1) is 30.8 Å². The quantitative estimate of drug-likeness (QED) is 0.628. The van der Waals surface area contributed by atoms with Crippen molar-refractivity contribution in [3.05, 3.63) is 48.3 Å². The molecule has 1 aromatic carbocycles. The highest BCUT2D eigenvalue weighted by atomic mass is 16.5. The minimum Gasteiger partial charge on any atom is -0.468 e. The van der Waals surface area contributed by atoms with Crippen LogP contribution < -0.4 is 5.32 Å².